The van der Waals surface area contributed by atoms with Crippen molar-refractivity contribution in [2.75, 3.05) is 6.61 Å². The summed E-state index contributed by atoms with van der Waals surface area (Å²) in [5.74, 6) is 1.49. The normalized spacial score (nSPS) is 18.1. The Balaban J connectivity index is 1.53. The molecule has 1 unspecified atom stereocenters. The largest absolute Gasteiger partial charge is 0.494 e. The molecule has 2 aromatic rings. The highest BCUT2D eigenvalue weighted by Crippen LogP contribution is 2.27. The van der Waals surface area contributed by atoms with Crippen LogP contribution >= 0.6 is 11.3 Å². The van der Waals surface area contributed by atoms with Gasteiger partial charge in [-0.05, 0) is 50.5 Å². The number of carbonyl (C=O) groups excluding carboxylic acids is 1. The van der Waals surface area contributed by atoms with E-state index in [4.69, 9.17) is 4.74 Å². The number of carbonyl (C=O) groups is 1. The first-order chi connectivity index (χ1) is 10.2. The summed E-state index contributed by atoms with van der Waals surface area (Å²) in [7, 11) is 0. The number of aromatic nitrogens is 1. The molecule has 0 bridgehead atoms. The Bertz CT molecular complexity index is 618. The van der Waals surface area contributed by atoms with Crippen LogP contribution in [-0.4, -0.2) is 17.4 Å². The van der Waals surface area contributed by atoms with Crippen LogP contribution in [0, 0.1) is 12.8 Å². The zero-order valence-corrected chi connectivity index (χ0v) is 13.0. The molecule has 1 heterocycles. The first-order valence-corrected chi connectivity index (χ1v) is 8.28. The SMILES string of the molecule is Cc1csc(-c2ccc(OCCC3CCCC3=O)cc2)n1. The Hall–Kier alpha value is -1.68. The van der Waals surface area contributed by atoms with E-state index in [1.807, 2.05) is 31.2 Å². The van der Waals surface area contributed by atoms with Crippen molar-refractivity contribution in [3.05, 3.63) is 35.3 Å². The number of nitrogens with zero attached hydrogens (tertiary/aromatic N) is 1. The first kappa shape index (κ1) is 14.3. The van der Waals surface area contributed by atoms with Gasteiger partial charge < -0.3 is 4.74 Å². The molecule has 3 rings (SSSR count). The van der Waals surface area contributed by atoms with Crippen molar-refractivity contribution in [1.82, 2.24) is 4.98 Å². The molecule has 1 atom stereocenters. The quantitative estimate of drug-likeness (QED) is 0.828. The fourth-order valence-corrected chi connectivity index (χ4v) is 3.50. The van der Waals surface area contributed by atoms with Gasteiger partial charge in [-0.15, -0.1) is 11.3 Å². The number of rotatable bonds is 5. The molecule has 4 heteroatoms. The summed E-state index contributed by atoms with van der Waals surface area (Å²) in [5, 5.41) is 3.09. The number of benzene rings is 1. The molecule has 21 heavy (non-hydrogen) atoms. The van der Waals surface area contributed by atoms with E-state index in [9.17, 15) is 4.79 Å². The number of hydrogen-bond acceptors (Lipinski definition) is 4. The van der Waals surface area contributed by atoms with Gasteiger partial charge in [0.1, 0.15) is 16.5 Å². The standard InChI is InChI=1S/C17H19NO2S/c1-12-11-21-17(18-12)14-5-7-15(8-6-14)20-10-9-13-3-2-4-16(13)19/h5-8,11,13H,2-4,9-10H2,1H3. The van der Waals surface area contributed by atoms with Gasteiger partial charge in [0.25, 0.3) is 0 Å². The number of ether oxygens (including phenoxy) is 1. The predicted octanol–water partition coefficient (Wildman–Crippen LogP) is 4.26. The highest BCUT2D eigenvalue weighted by molar-refractivity contribution is 7.13. The Morgan fingerprint density at radius 1 is 1.33 bits per heavy atom. The summed E-state index contributed by atoms with van der Waals surface area (Å²) in [6, 6.07) is 8.02. The van der Waals surface area contributed by atoms with Gasteiger partial charge >= 0.3 is 0 Å². The van der Waals surface area contributed by atoms with Crippen LogP contribution in [0.3, 0.4) is 0 Å². The molecule has 0 amide bonds. The van der Waals surface area contributed by atoms with Crippen molar-refractivity contribution in [2.24, 2.45) is 5.92 Å². The summed E-state index contributed by atoms with van der Waals surface area (Å²) in [5.41, 5.74) is 2.17. The number of ketones is 1. The first-order valence-electron chi connectivity index (χ1n) is 7.40. The van der Waals surface area contributed by atoms with Gasteiger partial charge in [-0.2, -0.15) is 0 Å². The Labute approximate surface area is 129 Å². The van der Waals surface area contributed by atoms with Crippen LogP contribution in [0.5, 0.6) is 5.75 Å². The average Bonchev–Trinajstić information content (AvgIpc) is 3.09. The van der Waals surface area contributed by atoms with E-state index >= 15 is 0 Å². The third kappa shape index (κ3) is 3.50. The highest BCUT2D eigenvalue weighted by atomic mass is 32.1. The van der Waals surface area contributed by atoms with E-state index in [-0.39, 0.29) is 5.92 Å². The molecule has 1 aliphatic carbocycles. The van der Waals surface area contributed by atoms with E-state index < -0.39 is 0 Å². The van der Waals surface area contributed by atoms with E-state index in [0.29, 0.717) is 12.4 Å². The Morgan fingerprint density at radius 3 is 2.76 bits per heavy atom. The molecule has 0 N–H and O–H groups in total. The summed E-state index contributed by atoms with van der Waals surface area (Å²) in [6.45, 7) is 2.62. The predicted molar refractivity (Wildman–Crippen MR) is 84.7 cm³/mol. The van der Waals surface area contributed by atoms with E-state index in [0.717, 1.165) is 47.7 Å². The Kier molecular flexibility index (Phi) is 4.34. The molecule has 0 aliphatic heterocycles. The lowest BCUT2D eigenvalue weighted by molar-refractivity contribution is -0.121. The van der Waals surface area contributed by atoms with Crippen molar-refractivity contribution in [1.29, 1.82) is 0 Å². The lowest BCUT2D eigenvalue weighted by Gasteiger charge is -2.10. The van der Waals surface area contributed by atoms with Gasteiger partial charge in [-0.25, -0.2) is 4.98 Å². The smallest absolute Gasteiger partial charge is 0.136 e. The topological polar surface area (TPSA) is 39.2 Å². The number of aryl methyl sites for hydroxylation is 1. The summed E-state index contributed by atoms with van der Waals surface area (Å²) >= 11 is 1.65. The summed E-state index contributed by atoms with van der Waals surface area (Å²) < 4.78 is 5.74. The molecule has 3 nitrogen and oxygen atoms in total. The van der Waals surface area contributed by atoms with Gasteiger partial charge in [0, 0.05) is 29.0 Å². The van der Waals surface area contributed by atoms with Crippen LogP contribution in [0.15, 0.2) is 29.6 Å². The zero-order chi connectivity index (χ0) is 14.7. The molecule has 1 aromatic heterocycles. The molecule has 0 spiro atoms. The Morgan fingerprint density at radius 2 is 2.14 bits per heavy atom. The second kappa shape index (κ2) is 6.39. The van der Waals surface area contributed by atoms with Gasteiger partial charge in [0.15, 0.2) is 0 Å². The van der Waals surface area contributed by atoms with Crippen LogP contribution in [-0.2, 0) is 4.79 Å². The van der Waals surface area contributed by atoms with Crippen LogP contribution in [0.2, 0.25) is 0 Å². The molecular weight excluding hydrogens is 282 g/mol. The van der Waals surface area contributed by atoms with E-state index in [1.54, 1.807) is 11.3 Å². The minimum Gasteiger partial charge on any atom is -0.494 e. The van der Waals surface area contributed by atoms with Crippen molar-refractivity contribution < 1.29 is 9.53 Å². The molecule has 1 aliphatic rings. The molecule has 110 valence electrons. The minimum absolute atomic E-state index is 0.225. The number of Topliss-reactive ketones (excluding diaryl/α,β-unsaturated/α-hetero) is 1. The lowest BCUT2D eigenvalue weighted by Crippen LogP contribution is -2.11. The van der Waals surface area contributed by atoms with Crippen LogP contribution in [0.25, 0.3) is 10.6 Å². The lowest BCUT2D eigenvalue weighted by atomic mass is 10.0. The molecule has 0 saturated heterocycles. The van der Waals surface area contributed by atoms with Crippen LogP contribution in [0.4, 0.5) is 0 Å². The van der Waals surface area contributed by atoms with E-state index in [2.05, 4.69) is 10.4 Å². The molecular formula is C17H19NO2S. The number of hydrogen-bond donors (Lipinski definition) is 0. The maximum absolute atomic E-state index is 11.6. The van der Waals surface area contributed by atoms with Crippen molar-refractivity contribution >= 4 is 17.1 Å². The second-order valence-corrected chi connectivity index (χ2v) is 6.37. The van der Waals surface area contributed by atoms with E-state index in [1.165, 1.54) is 0 Å². The van der Waals surface area contributed by atoms with Gasteiger partial charge in [-0.3, -0.25) is 4.79 Å². The highest BCUT2D eigenvalue weighted by Gasteiger charge is 2.23. The third-order valence-electron chi connectivity index (χ3n) is 3.89. The molecule has 0 radical (unpaired) electrons. The maximum Gasteiger partial charge on any atom is 0.136 e. The third-order valence-corrected chi connectivity index (χ3v) is 4.90. The zero-order valence-electron chi connectivity index (χ0n) is 12.2. The molecule has 1 fully saturated rings. The number of thiazole rings is 1. The summed E-state index contributed by atoms with van der Waals surface area (Å²) in [6.07, 6.45) is 3.68. The molecule has 1 saturated carbocycles. The van der Waals surface area contributed by atoms with Gasteiger partial charge in [-0.1, -0.05) is 0 Å². The monoisotopic (exact) mass is 301 g/mol. The summed E-state index contributed by atoms with van der Waals surface area (Å²) in [4.78, 5) is 16.0. The van der Waals surface area contributed by atoms with Gasteiger partial charge in [0.2, 0.25) is 0 Å². The van der Waals surface area contributed by atoms with Crippen LogP contribution in [0.1, 0.15) is 31.4 Å². The fourth-order valence-electron chi connectivity index (χ4n) is 2.69. The van der Waals surface area contributed by atoms with Crippen molar-refractivity contribution in [3.63, 3.8) is 0 Å². The van der Waals surface area contributed by atoms with Gasteiger partial charge in [0.05, 0.1) is 6.61 Å². The van der Waals surface area contributed by atoms with Crippen molar-refractivity contribution in [2.45, 2.75) is 32.6 Å². The average molecular weight is 301 g/mol. The minimum atomic E-state index is 0.225. The molecule has 1 aromatic carbocycles. The van der Waals surface area contributed by atoms with Crippen molar-refractivity contribution in [3.8, 4) is 16.3 Å². The maximum atomic E-state index is 11.6. The van der Waals surface area contributed by atoms with Crippen LogP contribution < -0.4 is 4.74 Å². The fraction of sp³-hybridized carbons (Fsp3) is 0.412. The second-order valence-electron chi connectivity index (χ2n) is 5.51.